The van der Waals surface area contributed by atoms with Gasteiger partial charge in [-0.3, -0.25) is 4.79 Å². The van der Waals surface area contributed by atoms with Crippen LogP contribution in [-0.4, -0.2) is 5.78 Å². The molecule has 0 atom stereocenters. The van der Waals surface area contributed by atoms with Crippen molar-refractivity contribution in [1.29, 1.82) is 0 Å². The minimum absolute atomic E-state index is 0.177. The molecule has 0 heterocycles. The number of Topliss-reactive ketones (excluding diaryl/α,β-unsaturated/α-hetero) is 1. The van der Waals surface area contributed by atoms with Crippen LogP contribution in [0.15, 0.2) is 24.3 Å². The fraction of sp³-hybridized carbons (Fsp3) is 0.357. The van der Waals surface area contributed by atoms with Crippen LogP contribution in [0.3, 0.4) is 0 Å². The second kappa shape index (κ2) is 4.31. The van der Waals surface area contributed by atoms with Crippen molar-refractivity contribution < 1.29 is 4.79 Å². The van der Waals surface area contributed by atoms with Gasteiger partial charge in [0.15, 0.2) is 0 Å². The van der Waals surface area contributed by atoms with Gasteiger partial charge < -0.3 is 0 Å². The zero-order valence-corrected chi connectivity index (χ0v) is 8.70. The molecular weight excluding hydrogens is 184 g/mol. The summed E-state index contributed by atoms with van der Waals surface area (Å²) < 4.78 is 0. The Morgan fingerprint density at radius 1 is 1.33 bits per heavy atom. The molecular formula is C14H14O. The van der Waals surface area contributed by atoms with Crippen LogP contribution in [0.5, 0.6) is 0 Å². The van der Waals surface area contributed by atoms with Gasteiger partial charge >= 0.3 is 0 Å². The van der Waals surface area contributed by atoms with Crippen LogP contribution < -0.4 is 0 Å². The van der Waals surface area contributed by atoms with Crippen molar-refractivity contribution in [3.63, 3.8) is 0 Å². The van der Waals surface area contributed by atoms with E-state index in [2.05, 4.69) is 18.1 Å². The van der Waals surface area contributed by atoms with E-state index < -0.39 is 0 Å². The van der Waals surface area contributed by atoms with Crippen LogP contribution in [0.25, 0.3) is 0 Å². The average molecular weight is 198 g/mol. The number of hydrogen-bond acceptors (Lipinski definition) is 1. The molecule has 0 unspecified atom stereocenters. The maximum absolute atomic E-state index is 11.8. The lowest BCUT2D eigenvalue weighted by Crippen LogP contribution is -2.14. The van der Waals surface area contributed by atoms with Crippen molar-refractivity contribution in [1.82, 2.24) is 0 Å². The third-order valence-corrected chi connectivity index (χ3v) is 3.02. The molecule has 0 amide bonds. The zero-order chi connectivity index (χ0) is 10.7. The monoisotopic (exact) mass is 198 g/mol. The number of terminal acetylenes is 1. The van der Waals surface area contributed by atoms with Gasteiger partial charge in [0, 0.05) is 18.8 Å². The molecule has 1 heteroatoms. The first kappa shape index (κ1) is 9.98. The fourth-order valence-corrected chi connectivity index (χ4v) is 2.19. The average Bonchev–Trinajstić information content (AvgIpc) is 2.69. The number of carbonyl (C=O) groups is 1. The van der Waals surface area contributed by atoms with Gasteiger partial charge in [0.1, 0.15) is 5.78 Å². The summed E-state index contributed by atoms with van der Waals surface area (Å²) in [6.07, 6.45) is 8.07. The Labute approximate surface area is 90.5 Å². The lowest BCUT2D eigenvalue weighted by Gasteiger charge is -2.05. The molecule has 0 saturated carbocycles. The Balaban J connectivity index is 2.01. The van der Waals surface area contributed by atoms with Crippen LogP contribution in [0.4, 0.5) is 0 Å². The number of ketones is 1. The second-order valence-corrected chi connectivity index (χ2v) is 4.04. The van der Waals surface area contributed by atoms with Gasteiger partial charge in [-0.25, -0.2) is 0 Å². The molecule has 1 aromatic carbocycles. The third kappa shape index (κ3) is 2.10. The molecule has 0 bridgehead atoms. The summed E-state index contributed by atoms with van der Waals surface area (Å²) in [5.74, 6) is 3.02. The number of rotatable bonds is 3. The molecule has 15 heavy (non-hydrogen) atoms. The van der Waals surface area contributed by atoms with Crippen LogP contribution in [0, 0.1) is 18.3 Å². The highest BCUT2D eigenvalue weighted by molar-refractivity contribution is 5.82. The number of benzene rings is 1. The van der Waals surface area contributed by atoms with E-state index in [1.165, 1.54) is 11.1 Å². The standard InChI is InChI=1S/C14H14O/c1-2-3-8-14(15)13-9-11-6-4-5-7-12(11)10-13/h1,4-7,13H,3,8-10H2. The minimum Gasteiger partial charge on any atom is -0.299 e. The highest BCUT2D eigenvalue weighted by atomic mass is 16.1. The molecule has 1 aromatic rings. The largest absolute Gasteiger partial charge is 0.299 e. The van der Waals surface area contributed by atoms with Crippen molar-refractivity contribution >= 4 is 5.78 Å². The van der Waals surface area contributed by atoms with Gasteiger partial charge in [-0.15, -0.1) is 12.3 Å². The van der Waals surface area contributed by atoms with Crippen molar-refractivity contribution in [3.05, 3.63) is 35.4 Å². The predicted molar refractivity (Wildman–Crippen MR) is 60.4 cm³/mol. The predicted octanol–water partition coefficient (Wildman–Crippen LogP) is 2.38. The van der Waals surface area contributed by atoms with Crippen LogP contribution >= 0.6 is 0 Å². The molecule has 1 aliphatic rings. The molecule has 0 aliphatic heterocycles. The molecule has 76 valence electrons. The van der Waals surface area contributed by atoms with Gasteiger partial charge in [0.05, 0.1) is 0 Å². The van der Waals surface area contributed by atoms with Crippen molar-refractivity contribution in [3.8, 4) is 12.3 Å². The van der Waals surface area contributed by atoms with Gasteiger partial charge in [-0.1, -0.05) is 24.3 Å². The van der Waals surface area contributed by atoms with Crippen molar-refractivity contribution in [2.24, 2.45) is 5.92 Å². The lowest BCUT2D eigenvalue weighted by molar-refractivity contribution is -0.122. The second-order valence-electron chi connectivity index (χ2n) is 4.04. The number of carbonyl (C=O) groups excluding carboxylic acids is 1. The normalized spacial score (nSPS) is 14.6. The van der Waals surface area contributed by atoms with Crippen LogP contribution in [0.1, 0.15) is 24.0 Å². The Morgan fingerprint density at radius 3 is 2.47 bits per heavy atom. The SMILES string of the molecule is C#CCCC(=O)C1Cc2ccccc2C1. The van der Waals surface area contributed by atoms with E-state index >= 15 is 0 Å². The summed E-state index contributed by atoms with van der Waals surface area (Å²) in [5.41, 5.74) is 2.66. The summed E-state index contributed by atoms with van der Waals surface area (Å²) in [7, 11) is 0. The highest BCUT2D eigenvalue weighted by Gasteiger charge is 2.25. The Hall–Kier alpha value is -1.55. The molecule has 0 fully saturated rings. The molecule has 0 N–H and O–H groups in total. The van der Waals surface area contributed by atoms with E-state index in [9.17, 15) is 4.79 Å². The Kier molecular flexibility index (Phi) is 2.87. The first-order valence-corrected chi connectivity index (χ1v) is 5.34. The molecule has 2 rings (SSSR count). The molecule has 0 spiro atoms. The van der Waals surface area contributed by atoms with E-state index in [4.69, 9.17) is 6.42 Å². The summed E-state index contributed by atoms with van der Waals surface area (Å²) in [6, 6.07) is 8.30. The molecule has 1 nitrogen and oxygen atoms in total. The first-order chi connectivity index (χ1) is 7.31. The molecule has 1 aliphatic carbocycles. The Morgan fingerprint density at radius 2 is 1.93 bits per heavy atom. The quantitative estimate of drug-likeness (QED) is 0.681. The van der Waals surface area contributed by atoms with E-state index in [1.54, 1.807) is 0 Å². The van der Waals surface area contributed by atoms with Crippen LogP contribution in [0.2, 0.25) is 0 Å². The van der Waals surface area contributed by atoms with E-state index in [1.807, 2.05) is 12.1 Å². The van der Waals surface area contributed by atoms with Gasteiger partial charge in [-0.2, -0.15) is 0 Å². The fourth-order valence-electron chi connectivity index (χ4n) is 2.19. The van der Waals surface area contributed by atoms with Crippen molar-refractivity contribution in [2.75, 3.05) is 0 Å². The summed E-state index contributed by atoms with van der Waals surface area (Å²) >= 11 is 0. The Bertz CT molecular complexity index is 387. The van der Waals surface area contributed by atoms with Gasteiger partial charge in [-0.05, 0) is 24.0 Å². The maximum Gasteiger partial charge on any atom is 0.137 e. The highest BCUT2D eigenvalue weighted by Crippen LogP contribution is 2.27. The zero-order valence-electron chi connectivity index (χ0n) is 8.70. The maximum atomic E-state index is 11.8. The lowest BCUT2D eigenvalue weighted by atomic mass is 9.97. The van der Waals surface area contributed by atoms with E-state index in [-0.39, 0.29) is 5.92 Å². The van der Waals surface area contributed by atoms with Crippen LogP contribution in [-0.2, 0) is 17.6 Å². The van der Waals surface area contributed by atoms with E-state index in [0.29, 0.717) is 18.6 Å². The smallest absolute Gasteiger partial charge is 0.137 e. The topological polar surface area (TPSA) is 17.1 Å². The number of hydrogen-bond donors (Lipinski definition) is 0. The van der Waals surface area contributed by atoms with Gasteiger partial charge in [0.2, 0.25) is 0 Å². The van der Waals surface area contributed by atoms with Crippen molar-refractivity contribution in [2.45, 2.75) is 25.7 Å². The summed E-state index contributed by atoms with van der Waals surface area (Å²) in [5, 5.41) is 0. The van der Waals surface area contributed by atoms with Gasteiger partial charge in [0.25, 0.3) is 0 Å². The van der Waals surface area contributed by atoms with E-state index in [0.717, 1.165) is 12.8 Å². The number of fused-ring (bicyclic) bond motifs is 1. The molecule has 0 saturated heterocycles. The summed E-state index contributed by atoms with van der Waals surface area (Å²) in [4.78, 5) is 11.8. The first-order valence-electron chi connectivity index (χ1n) is 5.34. The molecule has 0 radical (unpaired) electrons. The minimum atomic E-state index is 0.177. The third-order valence-electron chi connectivity index (χ3n) is 3.02. The summed E-state index contributed by atoms with van der Waals surface area (Å²) in [6.45, 7) is 0. The molecule has 0 aromatic heterocycles.